The van der Waals surface area contributed by atoms with Crippen LogP contribution in [-0.2, 0) is 9.59 Å². The minimum absolute atomic E-state index is 0.245. The Morgan fingerprint density at radius 1 is 1.23 bits per heavy atom. The zero-order valence-corrected chi connectivity index (χ0v) is 12.9. The molecule has 1 fully saturated rings. The fraction of sp³-hybridized carbons (Fsp3) is 0.500. The van der Waals surface area contributed by atoms with Gasteiger partial charge in [0.2, 0.25) is 5.91 Å². The monoisotopic (exact) mass is 298 g/mol. The van der Waals surface area contributed by atoms with Crippen LogP contribution in [0.2, 0.25) is 0 Å². The zero-order valence-electron chi connectivity index (χ0n) is 12.9. The van der Waals surface area contributed by atoms with Gasteiger partial charge in [0.25, 0.3) is 0 Å². The molecule has 0 aliphatic heterocycles. The maximum Gasteiger partial charge on any atom is 0.244 e. The summed E-state index contributed by atoms with van der Waals surface area (Å²) in [7, 11) is 1.45. The van der Waals surface area contributed by atoms with E-state index < -0.39 is 11.8 Å². The van der Waals surface area contributed by atoms with Crippen LogP contribution in [-0.4, -0.2) is 18.7 Å². The van der Waals surface area contributed by atoms with Crippen LogP contribution < -0.4 is 5.32 Å². The first kappa shape index (κ1) is 16.2. The van der Waals surface area contributed by atoms with Gasteiger partial charge in [-0.15, -0.1) is 0 Å². The maximum atomic E-state index is 12.1. The molecule has 1 aliphatic rings. The summed E-state index contributed by atoms with van der Waals surface area (Å²) in [5.74, 6) is -1.03. The molecule has 0 aromatic heterocycles. The highest BCUT2D eigenvalue weighted by atomic mass is 16.2. The third kappa shape index (κ3) is 3.94. The van der Waals surface area contributed by atoms with Crippen LogP contribution in [0.4, 0.5) is 0 Å². The Bertz CT molecular complexity index is 554. The highest BCUT2D eigenvalue weighted by molar-refractivity contribution is 6.03. The van der Waals surface area contributed by atoms with Crippen LogP contribution in [0, 0.1) is 23.2 Å². The summed E-state index contributed by atoms with van der Waals surface area (Å²) in [5.41, 5.74) is 1.37. The van der Waals surface area contributed by atoms with Gasteiger partial charge >= 0.3 is 0 Å². The van der Waals surface area contributed by atoms with E-state index in [2.05, 4.69) is 29.6 Å². The number of nitrogens with zero attached hydrogens (tertiary/aromatic N) is 1. The Morgan fingerprint density at radius 2 is 1.86 bits per heavy atom. The van der Waals surface area contributed by atoms with Gasteiger partial charge in [0.05, 0.1) is 6.07 Å². The first-order valence-corrected chi connectivity index (χ1v) is 7.84. The SMILES string of the molecule is CNC(=O)[C@@H](C#N)C(=O)CC1CCC(c2ccccc2)CC1. The molecule has 4 heteroatoms. The second-order valence-electron chi connectivity index (χ2n) is 5.98. The quantitative estimate of drug-likeness (QED) is 0.850. The van der Waals surface area contributed by atoms with Gasteiger partial charge in [-0.1, -0.05) is 30.3 Å². The third-order valence-corrected chi connectivity index (χ3v) is 4.57. The Kier molecular flexibility index (Phi) is 5.71. The molecule has 1 N–H and O–H groups in total. The number of ketones is 1. The van der Waals surface area contributed by atoms with Crippen LogP contribution in [0.25, 0.3) is 0 Å². The highest BCUT2D eigenvalue weighted by Gasteiger charge is 2.30. The lowest BCUT2D eigenvalue weighted by Crippen LogP contribution is -2.33. The van der Waals surface area contributed by atoms with Gasteiger partial charge in [-0.2, -0.15) is 5.26 Å². The molecule has 1 atom stereocenters. The number of hydrogen-bond donors (Lipinski definition) is 1. The molecule has 0 radical (unpaired) electrons. The Balaban J connectivity index is 1.86. The molecule has 4 nitrogen and oxygen atoms in total. The van der Waals surface area contributed by atoms with Crippen LogP contribution in [0.3, 0.4) is 0 Å². The molecular formula is C18H22N2O2. The van der Waals surface area contributed by atoms with Crippen molar-refractivity contribution in [1.82, 2.24) is 5.32 Å². The average Bonchev–Trinajstić information content (AvgIpc) is 2.56. The first-order valence-electron chi connectivity index (χ1n) is 7.84. The van der Waals surface area contributed by atoms with Gasteiger partial charge in [-0.25, -0.2) is 0 Å². The van der Waals surface area contributed by atoms with Gasteiger partial charge in [0, 0.05) is 13.5 Å². The van der Waals surface area contributed by atoms with Crippen molar-refractivity contribution in [3.63, 3.8) is 0 Å². The molecule has 0 unspecified atom stereocenters. The molecule has 0 bridgehead atoms. The lowest BCUT2D eigenvalue weighted by molar-refractivity contribution is -0.132. The number of nitriles is 1. The van der Waals surface area contributed by atoms with Crippen molar-refractivity contribution >= 4 is 11.7 Å². The first-order chi connectivity index (χ1) is 10.7. The highest BCUT2D eigenvalue weighted by Crippen LogP contribution is 2.37. The van der Waals surface area contributed by atoms with E-state index in [0.717, 1.165) is 25.7 Å². The minimum Gasteiger partial charge on any atom is -0.358 e. The van der Waals surface area contributed by atoms with Crippen molar-refractivity contribution in [2.75, 3.05) is 7.05 Å². The fourth-order valence-electron chi connectivity index (χ4n) is 3.25. The number of amides is 1. The number of rotatable bonds is 5. The van der Waals surface area contributed by atoms with Gasteiger partial charge in [0.1, 0.15) is 0 Å². The third-order valence-electron chi connectivity index (χ3n) is 4.57. The van der Waals surface area contributed by atoms with Crippen molar-refractivity contribution in [3.8, 4) is 6.07 Å². The van der Waals surface area contributed by atoms with Gasteiger partial charge in [-0.05, 0) is 43.1 Å². The second kappa shape index (κ2) is 7.74. The molecule has 22 heavy (non-hydrogen) atoms. The number of carbonyl (C=O) groups is 2. The molecule has 0 spiro atoms. The number of benzene rings is 1. The van der Waals surface area contributed by atoms with E-state index in [0.29, 0.717) is 18.3 Å². The average molecular weight is 298 g/mol. The Morgan fingerprint density at radius 3 is 2.41 bits per heavy atom. The summed E-state index contributed by atoms with van der Waals surface area (Å²) in [4.78, 5) is 23.6. The van der Waals surface area contributed by atoms with E-state index in [9.17, 15) is 9.59 Å². The second-order valence-corrected chi connectivity index (χ2v) is 5.98. The summed E-state index contributed by atoms with van der Waals surface area (Å²) in [6, 6.07) is 12.3. The summed E-state index contributed by atoms with van der Waals surface area (Å²) >= 11 is 0. The minimum atomic E-state index is -1.16. The van der Waals surface area contributed by atoms with Crippen molar-refractivity contribution in [2.45, 2.75) is 38.0 Å². The number of hydrogen-bond acceptors (Lipinski definition) is 3. The summed E-state index contributed by atoms with van der Waals surface area (Å²) < 4.78 is 0. The number of carbonyl (C=O) groups excluding carboxylic acids is 2. The molecule has 0 saturated heterocycles. The van der Waals surface area contributed by atoms with Crippen LogP contribution in [0.5, 0.6) is 0 Å². The lowest BCUT2D eigenvalue weighted by atomic mass is 9.76. The van der Waals surface area contributed by atoms with E-state index in [1.54, 1.807) is 0 Å². The number of nitrogens with one attached hydrogen (secondary N) is 1. The van der Waals surface area contributed by atoms with E-state index in [-0.39, 0.29) is 5.78 Å². The molecule has 1 amide bonds. The predicted molar refractivity (Wildman–Crippen MR) is 83.9 cm³/mol. The molecule has 116 valence electrons. The summed E-state index contributed by atoms with van der Waals surface area (Å²) in [6.45, 7) is 0. The van der Waals surface area contributed by atoms with Crippen LogP contribution >= 0.6 is 0 Å². The standard InChI is InChI=1S/C18H22N2O2/c1-20-18(22)16(12-19)17(21)11-13-7-9-15(10-8-13)14-5-3-2-4-6-14/h2-6,13,15-16H,7-11H2,1H3,(H,20,22)/t13?,15?,16-/m0/s1. The summed E-state index contributed by atoms with van der Waals surface area (Å²) in [6.07, 6.45) is 4.44. The van der Waals surface area contributed by atoms with Crippen molar-refractivity contribution in [3.05, 3.63) is 35.9 Å². The molecule has 1 aromatic rings. The molecule has 1 aliphatic carbocycles. The maximum absolute atomic E-state index is 12.1. The molecule has 0 heterocycles. The van der Waals surface area contributed by atoms with Gasteiger partial charge in [-0.3, -0.25) is 9.59 Å². The predicted octanol–water partition coefficient (Wildman–Crippen LogP) is 2.81. The summed E-state index contributed by atoms with van der Waals surface area (Å²) in [5, 5.41) is 11.4. The fourth-order valence-corrected chi connectivity index (χ4v) is 3.25. The molecule has 2 rings (SSSR count). The van der Waals surface area contributed by atoms with Gasteiger partial charge in [0.15, 0.2) is 11.7 Å². The molecule has 1 saturated carbocycles. The normalized spacial score (nSPS) is 22.4. The van der Waals surface area contributed by atoms with Crippen LogP contribution in [0.15, 0.2) is 30.3 Å². The van der Waals surface area contributed by atoms with E-state index in [4.69, 9.17) is 5.26 Å². The van der Waals surface area contributed by atoms with Gasteiger partial charge < -0.3 is 5.32 Å². The smallest absolute Gasteiger partial charge is 0.244 e. The van der Waals surface area contributed by atoms with E-state index in [1.807, 2.05) is 12.1 Å². The Labute approximate surface area is 131 Å². The molecular weight excluding hydrogens is 276 g/mol. The van der Waals surface area contributed by atoms with E-state index in [1.165, 1.54) is 12.6 Å². The molecule has 1 aromatic carbocycles. The van der Waals surface area contributed by atoms with Crippen molar-refractivity contribution in [2.24, 2.45) is 11.8 Å². The lowest BCUT2D eigenvalue weighted by Gasteiger charge is -2.28. The Hall–Kier alpha value is -2.15. The van der Waals surface area contributed by atoms with Crippen molar-refractivity contribution < 1.29 is 9.59 Å². The zero-order chi connectivity index (χ0) is 15.9. The topological polar surface area (TPSA) is 70.0 Å². The largest absolute Gasteiger partial charge is 0.358 e. The van der Waals surface area contributed by atoms with Crippen LogP contribution in [0.1, 0.15) is 43.6 Å². The van der Waals surface area contributed by atoms with E-state index >= 15 is 0 Å². The van der Waals surface area contributed by atoms with Crippen molar-refractivity contribution in [1.29, 1.82) is 5.26 Å². The number of Topliss-reactive ketones (excluding diaryl/α,β-unsaturated/α-hetero) is 1.